The van der Waals surface area contributed by atoms with E-state index in [9.17, 15) is 4.79 Å². The van der Waals surface area contributed by atoms with Crippen LogP contribution in [0.2, 0.25) is 0 Å². The SMILES string of the molecule is CCN(CCNC(=O)C1CSCN1)C1CC1. The number of thioether (sulfide) groups is 1. The minimum Gasteiger partial charge on any atom is -0.353 e. The molecular weight excluding hydrogens is 222 g/mol. The van der Waals surface area contributed by atoms with Crippen LogP contribution in [-0.4, -0.2) is 54.2 Å². The van der Waals surface area contributed by atoms with Crippen LogP contribution in [0.3, 0.4) is 0 Å². The Balaban J connectivity index is 1.60. The third kappa shape index (κ3) is 3.37. The van der Waals surface area contributed by atoms with E-state index in [-0.39, 0.29) is 11.9 Å². The second-order valence-electron chi connectivity index (χ2n) is 4.42. The van der Waals surface area contributed by atoms with Crippen LogP contribution in [0.25, 0.3) is 0 Å². The molecule has 5 heteroatoms. The van der Waals surface area contributed by atoms with Gasteiger partial charge in [0.05, 0.1) is 6.04 Å². The van der Waals surface area contributed by atoms with E-state index < -0.39 is 0 Å². The van der Waals surface area contributed by atoms with Gasteiger partial charge in [-0.3, -0.25) is 15.0 Å². The molecule has 1 saturated heterocycles. The van der Waals surface area contributed by atoms with Crippen molar-refractivity contribution in [3.63, 3.8) is 0 Å². The molecule has 2 aliphatic rings. The molecule has 16 heavy (non-hydrogen) atoms. The van der Waals surface area contributed by atoms with E-state index in [2.05, 4.69) is 22.5 Å². The molecule has 0 aromatic carbocycles. The highest BCUT2D eigenvalue weighted by Crippen LogP contribution is 2.25. The molecule has 1 amide bonds. The van der Waals surface area contributed by atoms with Gasteiger partial charge in [0.25, 0.3) is 0 Å². The lowest BCUT2D eigenvalue weighted by Crippen LogP contribution is -2.44. The summed E-state index contributed by atoms with van der Waals surface area (Å²) in [4.78, 5) is 14.2. The first-order valence-corrected chi connectivity index (χ1v) is 7.29. The topological polar surface area (TPSA) is 44.4 Å². The summed E-state index contributed by atoms with van der Waals surface area (Å²) in [5.74, 6) is 1.98. The normalized spacial score (nSPS) is 25.0. The number of hydrogen-bond acceptors (Lipinski definition) is 4. The number of likely N-dealkylation sites (N-methyl/N-ethyl adjacent to an activating group) is 1. The smallest absolute Gasteiger partial charge is 0.238 e. The van der Waals surface area contributed by atoms with E-state index in [1.165, 1.54) is 12.8 Å². The van der Waals surface area contributed by atoms with Crippen LogP contribution in [0, 0.1) is 0 Å². The molecular formula is C11H21N3OS. The predicted octanol–water partition coefficient (Wildman–Crippen LogP) is 0.249. The van der Waals surface area contributed by atoms with Crippen LogP contribution in [0.15, 0.2) is 0 Å². The third-order valence-electron chi connectivity index (χ3n) is 3.20. The summed E-state index contributed by atoms with van der Waals surface area (Å²) in [6, 6.07) is 0.822. The van der Waals surface area contributed by atoms with Crippen molar-refractivity contribution >= 4 is 17.7 Å². The summed E-state index contributed by atoms with van der Waals surface area (Å²) in [6.45, 7) is 5.06. The van der Waals surface area contributed by atoms with Gasteiger partial charge in [0.1, 0.15) is 0 Å². The molecule has 1 aliphatic heterocycles. The molecule has 1 heterocycles. The highest BCUT2D eigenvalue weighted by Gasteiger charge is 2.27. The Morgan fingerprint density at radius 1 is 1.56 bits per heavy atom. The summed E-state index contributed by atoms with van der Waals surface area (Å²) in [5.41, 5.74) is 0. The van der Waals surface area contributed by atoms with Gasteiger partial charge in [-0.05, 0) is 19.4 Å². The molecule has 92 valence electrons. The molecule has 2 fully saturated rings. The maximum Gasteiger partial charge on any atom is 0.238 e. The summed E-state index contributed by atoms with van der Waals surface area (Å²) < 4.78 is 0. The van der Waals surface area contributed by atoms with Crippen LogP contribution in [0.4, 0.5) is 0 Å². The van der Waals surface area contributed by atoms with Gasteiger partial charge in [0.15, 0.2) is 0 Å². The van der Waals surface area contributed by atoms with Crippen molar-refractivity contribution in [3.05, 3.63) is 0 Å². The molecule has 4 nitrogen and oxygen atoms in total. The van der Waals surface area contributed by atoms with Gasteiger partial charge in [-0.15, -0.1) is 11.8 Å². The van der Waals surface area contributed by atoms with E-state index in [0.717, 1.165) is 37.3 Å². The molecule has 0 radical (unpaired) electrons. The average Bonchev–Trinajstić information content (AvgIpc) is 2.97. The minimum absolute atomic E-state index is 0.0287. The van der Waals surface area contributed by atoms with Crippen molar-refractivity contribution < 1.29 is 4.79 Å². The second kappa shape index (κ2) is 5.89. The van der Waals surface area contributed by atoms with Crippen molar-refractivity contribution in [1.82, 2.24) is 15.5 Å². The fourth-order valence-corrected chi connectivity index (χ4v) is 2.99. The van der Waals surface area contributed by atoms with Crippen LogP contribution < -0.4 is 10.6 Å². The van der Waals surface area contributed by atoms with Gasteiger partial charge in [-0.1, -0.05) is 6.92 Å². The first-order valence-electron chi connectivity index (χ1n) is 6.14. The van der Waals surface area contributed by atoms with Crippen LogP contribution in [0.1, 0.15) is 19.8 Å². The second-order valence-corrected chi connectivity index (χ2v) is 5.45. The monoisotopic (exact) mass is 243 g/mol. The van der Waals surface area contributed by atoms with Crippen molar-refractivity contribution in [2.24, 2.45) is 0 Å². The summed E-state index contributed by atoms with van der Waals surface area (Å²) in [6.07, 6.45) is 2.67. The highest BCUT2D eigenvalue weighted by atomic mass is 32.2. The van der Waals surface area contributed by atoms with Crippen LogP contribution in [-0.2, 0) is 4.79 Å². The number of carbonyl (C=O) groups is 1. The van der Waals surface area contributed by atoms with Gasteiger partial charge in [-0.2, -0.15) is 0 Å². The largest absolute Gasteiger partial charge is 0.353 e. The molecule has 2 N–H and O–H groups in total. The molecule has 0 bridgehead atoms. The molecule has 0 aromatic heterocycles. The van der Waals surface area contributed by atoms with E-state index in [0.29, 0.717) is 0 Å². The average molecular weight is 243 g/mol. The quantitative estimate of drug-likeness (QED) is 0.702. The first kappa shape index (κ1) is 12.2. The molecule has 2 rings (SSSR count). The summed E-state index contributed by atoms with van der Waals surface area (Å²) >= 11 is 1.79. The number of hydrogen-bond donors (Lipinski definition) is 2. The van der Waals surface area contributed by atoms with Gasteiger partial charge in [0, 0.05) is 30.8 Å². The van der Waals surface area contributed by atoms with Crippen molar-refractivity contribution in [2.45, 2.75) is 31.8 Å². The fraction of sp³-hybridized carbons (Fsp3) is 0.909. The minimum atomic E-state index is 0.0287. The number of amides is 1. The Morgan fingerprint density at radius 3 is 2.94 bits per heavy atom. The van der Waals surface area contributed by atoms with Gasteiger partial charge >= 0.3 is 0 Å². The molecule has 1 aliphatic carbocycles. The van der Waals surface area contributed by atoms with Gasteiger partial charge in [0.2, 0.25) is 5.91 Å². The van der Waals surface area contributed by atoms with E-state index in [1.54, 1.807) is 11.8 Å². The number of nitrogens with one attached hydrogen (secondary N) is 2. The Bertz CT molecular complexity index is 239. The maximum absolute atomic E-state index is 11.7. The van der Waals surface area contributed by atoms with Crippen LogP contribution >= 0.6 is 11.8 Å². The predicted molar refractivity (Wildman–Crippen MR) is 67.5 cm³/mol. The van der Waals surface area contributed by atoms with Gasteiger partial charge < -0.3 is 5.32 Å². The fourth-order valence-electron chi connectivity index (χ4n) is 2.05. The zero-order valence-corrected chi connectivity index (χ0v) is 10.7. The van der Waals surface area contributed by atoms with Crippen molar-refractivity contribution in [1.29, 1.82) is 0 Å². The molecule has 1 unspecified atom stereocenters. The van der Waals surface area contributed by atoms with E-state index in [1.807, 2.05) is 0 Å². The molecule has 0 aromatic rings. The lowest BCUT2D eigenvalue weighted by molar-refractivity contribution is -0.122. The third-order valence-corrected chi connectivity index (χ3v) is 4.14. The summed E-state index contributed by atoms with van der Waals surface area (Å²) in [7, 11) is 0. The number of rotatable bonds is 6. The van der Waals surface area contributed by atoms with Crippen LogP contribution in [0.5, 0.6) is 0 Å². The Labute approximate surface area is 102 Å². The van der Waals surface area contributed by atoms with Crippen molar-refractivity contribution in [3.8, 4) is 0 Å². The van der Waals surface area contributed by atoms with Crippen molar-refractivity contribution in [2.75, 3.05) is 31.3 Å². The van der Waals surface area contributed by atoms with Gasteiger partial charge in [-0.25, -0.2) is 0 Å². The zero-order valence-electron chi connectivity index (χ0n) is 9.87. The standard InChI is InChI=1S/C11H21N3OS/c1-2-14(9-3-4-9)6-5-12-11(15)10-7-16-8-13-10/h9-10,13H,2-8H2,1H3,(H,12,15). The highest BCUT2D eigenvalue weighted by molar-refractivity contribution is 7.99. The maximum atomic E-state index is 11.7. The summed E-state index contributed by atoms with van der Waals surface area (Å²) in [5, 5.41) is 6.20. The first-order chi connectivity index (χ1) is 7.81. The molecule has 1 saturated carbocycles. The van der Waals surface area contributed by atoms with E-state index in [4.69, 9.17) is 0 Å². The number of nitrogens with zero attached hydrogens (tertiary/aromatic N) is 1. The Kier molecular flexibility index (Phi) is 4.49. The van der Waals surface area contributed by atoms with E-state index >= 15 is 0 Å². The number of carbonyl (C=O) groups excluding carboxylic acids is 1. The lowest BCUT2D eigenvalue weighted by Gasteiger charge is -2.20. The zero-order chi connectivity index (χ0) is 11.4. The Morgan fingerprint density at radius 2 is 2.38 bits per heavy atom. The molecule has 0 spiro atoms. The molecule has 1 atom stereocenters. The Hall–Kier alpha value is -0.260. The lowest BCUT2D eigenvalue weighted by atomic mass is 10.3.